The Hall–Kier alpha value is 0.828. The van der Waals surface area contributed by atoms with Gasteiger partial charge in [0.05, 0.1) is 19.4 Å². The molecule has 0 heterocycles. The SMILES string of the molecule is [SiH3]CC[SiH2]N[SiH2]CC[SiH3]. The molecule has 0 rings (SSSR count). The topological polar surface area (TPSA) is 12.0 Å². The molecule has 0 aliphatic rings. The monoisotopic (exact) mass is 193 g/mol. The van der Waals surface area contributed by atoms with Gasteiger partial charge in [-0.15, -0.1) is 0 Å². The second-order valence-corrected chi connectivity index (χ2v) is 8.87. The Kier molecular flexibility index (Phi) is 9.64. The van der Waals surface area contributed by atoms with Gasteiger partial charge in [0.1, 0.15) is 0 Å². The van der Waals surface area contributed by atoms with Gasteiger partial charge in [0.15, 0.2) is 0 Å². The maximum atomic E-state index is 3.71. The van der Waals surface area contributed by atoms with Gasteiger partial charge in [-0.1, -0.05) is 24.2 Å². The van der Waals surface area contributed by atoms with Crippen molar-refractivity contribution in [2.75, 3.05) is 0 Å². The maximum absolute atomic E-state index is 3.71. The summed E-state index contributed by atoms with van der Waals surface area (Å²) in [5, 5.41) is 0. The molecule has 5 heteroatoms. The summed E-state index contributed by atoms with van der Waals surface area (Å²) in [5.74, 6) is 0. The van der Waals surface area contributed by atoms with Crippen LogP contribution in [0.25, 0.3) is 0 Å². The summed E-state index contributed by atoms with van der Waals surface area (Å²) in [5.41, 5.74) is 0. The lowest BCUT2D eigenvalue weighted by molar-refractivity contribution is 1.33. The fourth-order valence-electron chi connectivity index (χ4n) is 0.729. The summed E-state index contributed by atoms with van der Waals surface area (Å²) in [6, 6.07) is 6.21. The molecule has 1 N–H and O–H groups in total. The van der Waals surface area contributed by atoms with Gasteiger partial charge in [0, 0.05) is 20.5 Å². The van der Waals surface area contributed by atoms with Crippen molar-refractivity contribution >= 4 is 39.8 Å². The van der Waals surface area contributed by atoms with Gasteiger partial charge < -0.3 is 4.65 Å². The van der Waals surface area contributed by atoms with Crippen molar-refractivity contribution in [2.45, 2.75) is 24.2 Å². The van der Waals surface area contributed by atoms with Crippen LogP contribution in [0.1, 0.15) is 0 Å². The molecule has 0 unspecified atom stereocenters. The molecule has 0 radical (unpaired) electrons. The van der Waals surface area contributed by atoms with Crippen molar-refractivity contribution < 1.29 is 0 Å². The van der Waals surface area contributed by atoms with E-state index >= 15 is 0 Å². The van der Waals surface area contributed by atoms with E-state index in [2.05, 4.69) is 4.65 Å². The number of nitrogens with one attached hydrogen (secondary N) is 1. The molecule has 0 aromatic rings. The fourth-order valence-corrected chi connectivity index (χ4v) is 6.56. The lowest BCUT2D eigenvalue weighted by Gasteiger charge is -1.98. The predicted molar refractivity (Wildman–Crippen MR) is 59.3 cm³/mol. The van der Waals surface area contributed by atoms with E-state index in [1.165, 1.54) is 32.6 Å². The summed E-state index contributed by atoms with van der Waals surface area (Å²) < 4.78 is 3.71. The van der Waals surface area contributed by atoms with E-state index in [1.54, 1.807) is 12.1 Å². The van der Waals surface area contributed by atoms with Crippen LogP contribution in [0.4, 0.5) is 0 Å². The third kappa shape index (κ3) is 8.83. The van der Waals surface area contributed by atoms with E-state index in [0.717, 1.165) is 0 Å². The Labute approximate surface area is 69.0 Å². The lowest BCUT2D eigenvalue weighted by Crippen LogP contribution is -2.22. The van der Waals surface area contributed by atoms with E-state index in [4.69, 9.17) is 0 Å². The minimum absolute atomic E-state index is 0.253. The molecule has 0 aromatic heterocycles. The van der Waals surface area contributed by atoms with Gasteiger partial charge in [0.25, 0.3) is 0 Å². The largest absolute Gasteiger partial charge is 0.369 e. The van der Waals surface area contributed by atoms with E-state index in [-0.39, 0.29) is 19.4 Å². The molecular weight excluding hydrogens is 174 g/mol. The van der Waals surface area contributed by atoms with Crippen molar-refractivity contribution in [3.05, 3.63) is 0 Å². The predicted octanol–water partition coefficient (Wildman–Crippen LogP) is -2.85. The maximum Gasteiger partial charge on any atom is 0.0841 e. The fraction of sp³-hybridized carbons (Fsp3) is 1.00. The van der Waals surface area contributed by atoms with Crippen LogP contribution in [-0.2, 0) is 0 Å². The first kappa shape index (κ1) is 9.83. The molecule has 56 valence electrons. The van der Waals surface area contributed by atoms with Gasteiger partial charge in [-0.2, -0.15) is 0 Å². The molecule has 0 aromatic carbocycles. The van der Waals surface area contributed by atoms with Gasteiger partial charge in [0.2, 0.25) is 0 Å². The molecule has 0 atom stereocenters. The summed E-state index contributed by atoms with van der Waals surface area (Å²) in [6.45, 7) is 0. The molecule has 0 fully saturated rings. The standard InChI is InChI=1S/C4H19NSi4/c6-1-3-8-5-9-4-2-7/h5H,1-4,8-9H2,6-7H3. The van der Waals surface area contributed by atoms with E-state index in [9.17, 15) is 0 Å². The average Bonchev–Trinajstić information content (AvgIpc) is 1.89. The minimum Gasteiger partial charge on any atom is -0.369 e. The zero-order valence-electron chi connectivity index (χ0n) is 6.74. The highest BCUT2D eigenvalue weighted by molar-refractivity contribution is 6.51. The van der Waals surface area contributed by atoms with E-state index < -0.39 is 0 Å². The molecule has 0 bridgehead atoms. The van der Waals surface area contributed by atoms with Crippen molar-refractivity contribution in [2.24, 2.45) is 0 Å². The van der Waals surface area contributed by atoms with Gasteiger partial charge in [-0.3, -0.25) is 0 Å². The number of hydrogen-bond acceptors (Lipinski definition) is 1. The van der Waals surface area contributed by atoms with Crippen molar-refractivity contribution in [1.29, 1.82) is 0 Å². The quantitative estimate of drug-likeness (QED) is 0.354. The Bertz CT molecular complexity index is 45.8. The van der Waals surface area contributed by atoms with Gasteiger partial charge in [-0.05, 0) is 0 Å². The van der Waals surface area contributed by atoms with Crippen LogP contribution in [0.3, 0.4) is 0 Å². The van der Waals surface area contributed by atoms with Crippen LogP contribution < -0.4 is 4.65 Å². The third-order valence-electron chi connectivity index (χ3n) is 1.41. The molecule has 0 amide bonds. The van der Waals surface area contributed by atoms with Crippen LogP contribution in [0, 0.1) is 0 Å². The Morgan fingerprint density at radius 2 is 1.44 bits per heavy atom. The van der Waals surface area contributed by atoms with Crippen molar-refractivity contribution in [3.8, 4) is 0 Å². The zero-order valence-corrected chi connectivity index (χ0v) is 13.6. The molecule has 0 aliphatic carbocycles. The van der Waals surface area contributed by atoms with Crippen molar-refractivity contribution in [1.82, 2.24) is 4.65 Å². The first-order chi connectivity index (χ1) is 4.41. The van der Waals surface area contributed by atoms with Crippen molar-refractivity contribution in [3.63, 3.8) is 0 Å². The number of hydrogen-bond donors (Lipinski definition) is 1. The molecule has 0 aliphatic heterocycles. The Morgan fingerprint density at radius 1 is 1.00 bits per heavy atom. The summed E-state index contributed by atoms with van der Waals surface area (Å²) in [4.78, 5) is 0. The first-order valence-electron chi connectivity index (χ1n) is 4.12. The second-order valence-electron chi connectivity index (χ2n) is 2.46. The van der Waals surface area contributed by atoms with Crippen LogP contribution >= 0.6 is 0 Å². The minimum atomic E-state index is 0.253. The summed E-state index contributed by atoms with van der Waals surface area (Å²) >= 11 is 0. The van der Waals surface area contributed by atoms with Crippen LogP contribution in [0.5, 0.6) is 0 Å². The highest BCUT2D eigenvalue weighted by Crippen LogP contribution is 1.81. The molecule has 1 nitrogen and oxygen atoms in total. The van der Waals surface area contributed by atoms with E-state index in [0.29, 0.717) is 0 Å². The molecule has 0 saturated carbocycles. The Balaban J connectivity index is 2.60. The van der Waals surface area contributed by atoms with Gasteiger partial charge >= 0.3 is 0 Å². The zero-order chi connectivity index (χ0) is 6.95. The normalized spacial score (nSPS) is 13.3. The molecule has 0 saturated heterocycles. The lowest BCUT2D eigenvalue weighted by atomic mass is 11.0. The second kappa shape index (κ2) is 8.83. The highest BCUT2D eigenvalue weighted by Gasteiger charge is 1.85. The smallest absolute Gasteiger partial charge is 0.0841 e. The van der Waals surface area contributed by atoms with Crippen LogP contribution in [0.2, 0.25) is 24.2 Å². The molecular formula is C4H19NSi4. The third-order valence-corrected chi connectivity index (χ3v) is 10.6. The van der Waals surface area contributed by atoms with Crippen LogP contribution in [-0.4, -0.2) is 39.8 Å². The number of rotatable bonds is 6. The highest BCUT2D eigenvalue weighted by atomic mass is 28.3. The molecule has 0 spiro atoms. The van der Waals surface area contributed by atoms with Crippen LogP contribution in [0.15, 0.2) is 0 Å². The summed E-state index contributed by atoms with van der Waals surface area (Å²) in [6.07, 6.45) is 0. The average molecular weight is 194 g/mol. The molecule has 9 heavy (non-hydrogen) atoms. The first-order valence-corrected chi connectivity index (χ1v) is 10.4. The van der Waals surface area contributed by atoms with E-state index in [1.807, 2.05) is 0 Å². The summed E-state index contributed by atoms with van der Waals surface area (Å²) in [7, 11) is 3.36. The van der Waals surface area contributed by atoms with Gasteiger partial charge in [-0.25, -0.2) is 0 Å². The Morgan fingerprint density at radius 3 is 1.78 bits per heavy atom.